The first-order chi connectivity index (χ1) is 9.74. The number of hydrogen-bond donors (Lipinski definition) is 0. The molecule has 0 radical (unpaired) electrons. The first-order valence-electron chi connectivity index (χ1n) is 7.37. The molecular formula is C17H19FO2. The zero-order valence-corrected chi connectivity index (χ0v) is 11.5. The SMILES string of the molecule is O=C(CCc1ccccc1F)OC1CC1=C1CCCC1. The van der Waals surface area contributed by atoms with Gasteiger partial charge < -0.3 is 4.74 Å². The summed E-state index contributed by atoms with van der Waals surface area (Å²) >= 11 is 0. The molecule has 0 spiro atoms. The molecule has 2 aliphatic carbocycles. The Labute approximate surface area is 118 Å². The van der Waals surface area contributed by atoms with Crippen LogP contribution in [-0.2, 0) is 16.0 Å². The van der Waals surface area contributed by atoms with E-state index in [2.05, 4.69) is 0 Å². The molecule has 3 rings (SSSR count). The van der Waals surface area contributed by atoms with Gasteiger partial charge in [-0.25, -0.2) is 4.39 Å². The van der Waals surface area contributed by atoms with Crippen molar-refractivity contribution in [3.05, 3.63) is 46.8 Å². The lowest BCUT2D eigenvalue weighted by Crippen LogP contribution is -2.08. The maximum atomic E-state index is 13.4. The minimum Gasteiger partial charge on any atom is -0.457 e. The molecule has 2 nitrogen and oxygen atoms in total. The molecule has 0 bridgehead atoms. The summed E-state index contributed by atoms with van der Waals surface area (Å²) in [6, 6.07) is 6.57. The highest BCUT2D eigenvalue weighted by Gasteiger charge is 2.36. The van der Waals surface area contributed by atoms with Gasteiger partial charge >= 0.3 is 5.97 Å². The van der Waals surface area contributed by atoms with Crippen LogP contribution in [0, 0.1) is 5.82 Å². The molecule has 0 heterocycles. The minimum atomic E-state index is -0.250. The van der Waals surface area contributed by atoms with Gasteiger partial charge in [-0.3, -0.25) is 4.79 Å². The molecule has 0 aromatic heterocycles. The van der Waals surface area contributed by atoms with E-state index in [0.717, 1.165) is 6.42 Å². The van der Waals surface area contributed by atoms with Crippen molar-refractivity contribution in [1.82, 2.24) is 0 Å². The van der Waals surface area contributed by atoms with Crippen molar-refractivity contribution in [2.75, 3.05) is 0 Å². The summed E-state index contributed by atoms with van der Waals surface area (Å²) in [7, 11) is 0. The monoisotopic (exact) mass is 274 g/mol. The predicted molar refractivity (Wildman–Crippen MR) is 74.7 cm³/mol. The number of carbonyl (C=O) groups is 1. The van der Waals surface area contributed by atoms with Crippen molar-refractivity contribution in [3.8, 4) is 0 Å². The molecule has 3 heteroatoms. The quantitative estimate of drug-likeness (QED) is 0.614. The van der Waals surface area contributed by atoms with Gasteiger partial charge in [0.05, 0.1) is 0 Å². The molecule has 20 heavy (non-hydrogen) atoms. The van der Waals surface area contributed by atoms with Crippen LogP contribution in [0.4, 0.5) is 4.39 Å². The summed E-state index contributed by atoms with van der Waals surface area (Å²) < 4.78 is 18.9. The number of hydrogen-bond acceptors (Lipinski definition) is 2. The summed E-state index contributed by atoms with van der Waals surface area (Å²) in [5.74, 6) is -0.465. The zero-order valence-electron chi connectivity index (χ0n) is 11.5. The molecule has 106 valence electrons. The lowest BCUT2D eigenvalue weighted by Gasteiger charge is -2.04. The Balaban J connectivity index is 1.47. The van der Waals surface area contributed by atoms with E-state index in [9.17, 15) is 9.18 Å². The van der Waals surface area contributed by atoms with Crippen LogP contribution in [0.25, 0.3) is 0 Å². The van der Waals surface area contributed by atoms with Crippen LogP contribution >= 0.6 is 0 Å². The second-order valence-electron chi connectivity index (χ2n) is 5.61. The van der Waals surface area contributed by atoms with Crippen LogP contribution in [0.5, 0.6) is 0 Å². The molecule has 2 saturated carbocycles. The summed E-state index contributed by atoms with van der Waals surface area (Å²) in [5, 5.41) is 0. The van der Waals surface area contributed by atoms with Crippen molar-refractivity contribution < 1.29 is 13.9 Å². The fraction of sp³-hybridized carbons (Fsp3) is 0.471. The van der Waals surface area contributed by atoms with Crippen LogP contribution in [-0.4, -0.2) is 12.1 Å². The Morgan fingerprint density at radius 3 is 2.75 bits per heavy atom. The van der Waals surface area contributed by atoms with E-state index in [1.54, 1.807) is 18.2 Å². The number of aryl methyl sites for hydroxylation is 1. The lowest BCUT2D eigenvalue weighted by molar-refractivity contribution is -0.144. The smallest absolute Gasteiger partial charge is 0.306 e. The standard InChI is InChI=1S/C17H19FO2/c18-15-8-4-3-7-13(15)9-10-17(19)20-16-11-14(16)12-5-1-2-6-12/h3-4,7-8,16H,1-2,5-6,9-11H2. The van der Waals surface area contributed by atoms with Crippen molar-refractivity contribution in [2.45, 2.75) is 51.0 Å². The highest BCUT2D eigenvalue weighted by molar-refractivity contribution is 5.71. The van der Waals surface area contributed by atoms with Gasteiger partial charge in [-0.05, 0) is 49.3 Å². The summed E-state index contributed by atoms with van der Waals surface area (Å²) in [5.41, 5.74) is 3.44. The molecule has 0 amide bonds. The molecule has 1 aromatic carbocycles. The molecule has 2 fully saturated rings. The van der Waals surface area contributed by atoms with E-state index in [0.29, 0.717) is 12.0 Å². The normalized spacial score (nSPS) is 21.1. The Bertz CT molecular complexity index is 540. The third-order valence-electron chi connectivity index (χ3n) is 4.13. The van der Waals surface area contributed by atoms with Crippen LogP contribution in [0.1, 0.15) is 44.1 Å². The molecule has 2 aliphatic rings. The summed E-state index contributed by atoms with van der Waals surface area (Å²) in [6.07, 6.45) is 6.50. The Morgan fingerprint density at radius 1 is 1.25 bits per heavy atom. The van der Waals surface area contributed by atoms with Gasteiger partial charge in [0.2, 0.25) is 0 Å². The molecule has 0 N–H and O–H groups in total. The maximum Gasteiger partial charge on any atom is 0.306 e. The maximum absolute atomic E-state index is 13.4. The van der Waals surface area contributed by atoms with E-state index < -0.39 is 0 Å². The van der Waals surface area contributed by atoms with Crippen LogP contribution in [0.3, 0.4) is 0 Å². The molecule has 1 aromatic rings. The third kappa shape index (κ3) is 3.09. The van der Waals surface area contributed by atoms with Gasteiger partial charge in [-0.2, -0.15) is 0 Å². The number of rotatable bonds is 4. The van der Waals surface area contributed by atoms with Crippen molar-refractivity contribution in [1.29, 1.82) is 0 Å². The Morgan fingerprint density at radius 2 is 2.00 bits per heavy atom. The van der Waals surface area contributed by atoms with E-state index in [4.69, 9.17) is 4.74 Å². The van der Waals surface area contributed by atoms with Gasteiger partial charge in [0.15, 0.2) is 0 Å². The molecular weight excluding hydrogens is 255 g/mol. The van der Waals surface area contributed by atoms with Crippen molar-refractivity contribution >= 4 is 5.97 Å². The van der Waals surface area contributed by atoms with Crippen LogP contribution in [0.2, 0.25) is 0 Å². The van der Waals surface area contributed by atoms with Gasteiger partial charge in [-0.1, -0.05) is 23.8 Å². The largest absolute Gasteiger partial charge is 0.457 e. The third-order valence-corrected chi connectivity index (χ3v) is 4.13. The fourth-order valence-electron chi connectivity index (χ4n) is 2.90. The topological polar surface area (TPSA) is 26.3 Å². The van der Waals surface area contributed by atoms with Gasteiger partial charge in [-0.15, -0.1) is 0 Å². The Hall–Kier alpha value is -1.64. The van der Waals surface area contributed by atoms with E-state index in [1.165, 1.54) is 42.9 Å². The van der Waals surface area contributed by atoms with E-state index in [1.807, 2.05) is 0 Å². The van der Waals surface area contributed by atoms with E-state index in [-0.39, 0.29) is 24.3 Å². The second kappa shape index (κ2) is 5.78. The average Bonchev–Trinajstić information content (AvgIpc) is 2.99. The van der Waals surface area contributed by atoms with E-state index >= 15 is 0 Å². The number of allylic oxidation sites excluding steroid dienone is 1. The lowest BCUT2D eigenvalue weighted by atomic mass is 10.1. The van der Waals surface area contributed by atoms with Gasteiger partial charge in [0, 0.05) is 12.8 Å². The zero-order chi connectivity index (χ0) is 13.9. The number of carbonyl (C=O) groups excluding carboxylic acids is 1. The second-order valence-corrected chi connectivity index (χ2v) is 5.61. The average molecular weight is 274 g/mol. The number of ether oxygens (including phenoxy) is 1. The molecule has 0 saturated heterocycles. The highest BCUT2D eigenvalue weighted by atomic mass is 19.1. The van der Waals surface area contributed by atoms with Gasteiger partial charge in [0.25, 0.3) is 0 Å². The highest BCUT2D eigenvalue weighted by Crippen LogP contribution is 2.41. The minimum absolute atomic E-state index is 0.0243. The van der Waals surface area contributed by atoms with Crippen LogP contribution in [0.15, 0.2) is 35.4 Å². The van der Waals surface area contributed by atoms with Gasteiger partial charge in [0.1, 0.15) is 11.9 Å². The summed E-state index contributed by atoms with van der Waals surface area (Å²) in [6.45, 7) is 0. The van der Waals surface area contributed by atoms with Crippen molar-refractivity contribution in [2.24, 2.45) is 0 Å². The predicted octanol–water partition coefficient (Wildman–Crippen LogP) is 3.94. The fourth-order valence-corrected chi connectivity index (χ4v) is 2.90. The molecule has 1 atom stereocenters. The number of benzene rings is 1. The number of halogens is 1. The first-order valence-corrected chi connectivity index (χ1v) is 7.37. The van der Waals surface area contributed by atoms with Crippen LogP contribution < -0.4 is 0 Å². The summed E-state index contributed by atoms with van der Waals surface area (Å²) in [4.78, 5) is 11.8. The number of esters is 1. The molecule has 1 unspecified atom stereocenters. The first kappa shape index (κ1) is 13.3. The van der Waals surface area contributed by atoms with Crippen molar-refractivity contribution in [3.63, 3.8) is 0 Å². The Kier molecular flexibility index (Phi) is 3.86. The molecule has 0 aliphatic heterocycles.